The second-order valence-corrected chi connectivity index (χ2v) is 20.3. The van der Waals surface area contributed by atoms with E-state index in [1.165, 1.54) is 0 Å². The molecule has 0 unspecified atom stereocenters. The number of allylic oxidation sites excluding steroid dienone is 4. The molecule has 0 aromatic heterocycles. The van der Waals surface area contributed by atoms with Gasteiger partial charge in [-0.25, -0.2) is 0 Å². The predicted octanol–water partition coefficient (Wildman–Crippen LogP) is 11.6. The molecule has 6 aromatic rings. The molecule has 0 spiro atoms. The van der Waals surface area contributed by atoms with Gasteiger partial charge < -0.3 is 0 Å². The van der Waals surface area contributed by atoms with Crippen molar-refractivity contribution in [3.63, 3.8) is 0 Å². The van der Waals surface area contributed by atoms with Gasteiger partial charge in [0.05, 0.1) is 0 Å². The highest BCUT2D eigenvalue weighted by molar-refractivity contribution is 7.83. The van der Waals surface area contributed by atoms with Crippen molar-refractivity contribution in [2.75, 3.05) is 0 Å². The zero-order valence-electron chi connectivity index (χ0n) is 27.7. The van der Waals surface area contributed by atoms with E-state index in [0.717, 1.165) is 44.5 Å². The molecule has 6 aromatic carbocycles. The van der Waals surface area contributed by atoms with Crippen LogP contribution in [-0.2, 0) is 34.1 Å². The van der Waals surface area contributed by atoms with Crippen LogP contribution in [0.2, 0.25) is 0 Å². The average molecular weight is 697 g/mol. The summed E-state index contributed by atoms with van der Waals surface area (Å²) < 4.78 is 42.5. The summed E-state index contributed by atoms with van der Waals surface area (Å²) in [5, 5.41) is -4.84. The molecule has 3 nitrogen and oxygen atoms in total. The maximum absolute atomic E-state index is 17.6. The Morgan fingerprint density at radius 1 is 0.373 bits per heavy atom. The Kier molecular flexibility index (Phi) is 5.84. The molecule has 8 bridgehead atoms. The van der Waals surface area contributed by atoms with Crippen molar-refractivity contribution in [3.8, 4) is 0 Å². The lowest BCUT2D eigenvalue weighted by Crippen LogP contribution is -2.75. The molecule has 0 amide bonds. The molecule has 5 fully saturated rings. The van der Waals surface area contributed by atoms with Crippen LogP contribution in [0.15, 0.2) is 194 Å². The average Bonchev–Trinajstić information content (AvgIpc) is 3.53. The molecule has 5 heteroatoms. The monoisotopic (exact) mass is 696 g/mol. The minimum absolute atomic E-state index is 0.330. The third-order valence-corrected chi connectivity index (χ3v) is 22.1. The summed E-state index contributed by atoms with van der Waals surface area (Å²) in [6.07, 6.45) is 4.58. The Balaban J connectivity index is 1.46. The van der Waals surface area contributed by atoms with Gasteiger partial charge in [-0.15, -0.1) is 0 Å². The summed E-state index contributed by atoms with van der Waals surface area (Å²) in [6.45, 7) is 0. The Bertz CT molecular complexity index is 2340. The van der Waals surface area contributed by atoms with E-state index in [2.05, 4.69) is 121 Å². The molecule has 51 heavy (non-hydrogen) atoms. The van der Waals surface area contributed by atoms with Crippen molar-refractivity contribution in [2.24, 2.45) is 11.8 Å². The molecule has 2 aliphatic carbocycles. The number of benzene rings is 6. The molecule has 0 N–H and O–H groups in total. The van der Waals surface area contributed by atoms with Crippen molar-refractivity contribution >= 4 is 25.9 Å². The van der Waals surface area contributed by atoms with E-state index in [1.54, 1.807) is 0 Å². The molecule has 246 valence electrons. The molecule has 5 saturated heterocycles. The molecule has 7 heterocycles. The molecular weight excluding hydrogens is 662 g/mol. The molecule has 0 saturated carbocycles. The van der Waals surface area contributed by atoms with E-state index in [0.29, 0.717) is 0 Å². The van der Waals surface area contributed by atoms with Gasteiger partial charge in [0.1, 0.15) is 20.6 Å². The number of hydrogen-bond acceptors (Lipinski definition) is 3. The standard InChI is InChI=1S/C46H34O3P2/c47-50-43(35-23-11-3-12-24-35)31-39(33-19-7-1-8-20-33)41-42-40(34-21-9-2-10-22-34)32-44(36-25-13-4-14-26-36,45(41,50)37-27-15-5-16-28-37)51(48,49-50)46(42,43)38-29-17-6-18-30-38/h1-32,41-42H/t41-,42-,43-,44-,45-,46-,50-,51-/m1/s1. The Morgan fingerprint density at radius 2 is 0.647 bits per heavy atom. The highest BCUT2D eigenvalue weighted by Gasteiger charge is 3.04. The van der Waals surface area contributed by atoms with Crippen LogP contribution in [0.4, 0.5) is 0 Å². The first kappa shape index (κ1) is 29.9. The SMILES string of the molecule is O=[P@@]12O[P@]3(=O)[C@@]4(c5ccccc5)C=C(c5ccccc5)[C@@H]5[C@@H](C(c6ccccc6)=C[C@@]1(c1ccccc1)[C@@]53c1ccccc1)[C@]42c1ccccc1. The smallest absolute Gasteiger partial charge is 0.236 e. The summed E-state index contributed by atoms with van der Waals surface area (Å²) in [5.41, 5.74) is 8.11. The lowest BCUT2D eigenvalue weighted by Gasteiger charge is -2.76. The van der Waals surface area contributed by atoms with Gasteiger partial charge in [-0.2, -0.15) is 0 Å². The maximum atomic E-state index is 17.6. The highest BCUT2D eigenvalue weighted by atomic mass is 31.2. The van der Waals surface area contributed by atoms with Crippen molar-refractivity contribution in [1.29, 1.82) is 0 Å². The minimum atomic E-state index is -4.03. The van der Waals surface area contributed by atoms with Crippen molar-refractivity contribution in [2.45, 2.75) is 20.6 Å². The van der Waals surface area contributed by atoms with Crippen LogP contribution < -0.4 is 0 Å². The van der Waals surface area contributed by atoms with Crippen LogP contribution in [0, 0.1) is 11.8 Å². The summed E-state index contributed by atoms with van der Waals surface area (Å²) in [4.78, 5) is 0. The van der Waals surface area contributed by atoms with Crippen molar-refractivity contribution in [1.82, 2.24) is 0 Å². The van der Waals surface area contributed by atoms with E-state index in [9.17, 15) is 0 Å². The van der Waals surface area contributed by atoms with Gasteiger partial charge in [0.15, 0.2) is 0 Å². The van der Waals surface area contributed by atoms with Gasteiger partial charge in [-0.3, -0.25) is 13.4 Å². The second-order valence-electron chi connectivity index (χ2n) is 14.6. The van der Waals surface area contributed by atoms with Crippen LogP contribution in [-0.4, -0.2) is 0 Å². The van der Waals surface area contributed by atoms with E-state index in [4.69, 9.17) is 4.31 Å². The largest absolute Gasteiger partial charge is 0.290 e. The summed E-state index contributed by atoms with van der Waals surface area (Å²) in [6, 6.07) is 62.4. The molecule has 9 aliphatic rings. The first-order valence-electron chi connectivity index (χ1n) is 17.7. The van der Waals surface area contributed by atoms with Crippen LogP contribution in [0.1, 0.15) is 33.4 Å². The summed E-state index contributed by atoms with van der Waals surface area (Å²) >= 11 is 0. The number of hydrogen-bond donors (Lipinski definition) is 0. The predicted molar refractivity (Wildman–Crippen MR) is 205 cm³/mol. The van der Waals surface area contributed by atoms with Gasteiger partial charge in [0.25, 0.3) is 0 Å². The van der Waals surface area contributed by atoms with Crippen molar-refractivity contribution < 1.29 is 13.4 Å². The number of rotatable bonds is 6. The first-order chi connectivity index (χ1) is 25.0. The fraction of sp³-hybridized carbons (Fsp3) is 0.130. The minimum Gasteiger partial charge on any atom is -0.290 e. The Morgan fingerprint density at radius 3 is 0.961 bits per heavy atom. The van der Waals surface area contributed by atoms with Crippen LogP contribution in [0.3, 0.4) is 0 Å². The van der Waals surface area contributed by atoms with Crippen LogP contribution in [0.5, 0.6) is 0 Å². The zero-order chi connectivity index (χ0) is 34.1. The maximum Gasteiger partial charge on any atom is 0.236 e. The zero-order valence-corrected chi connectivity index (χ0v) is 29.5. The Hall–Kier alpha value is -4.78. The van der Waals surface area contributed by atoms with E-state index in [1.807, 2.05) is 72.8 Å². The van der Waals surface area contributed by atoms with E-state index in [-0.39, 0.29) is 11.8 Å². The molecule has 0 radical (unpaired) electrons. The fourth-order valence-electron chi connectivity index (χ4n) is 11.7. The summed E-state index contributed by atoms with van der Waals surface area (Å²) in [7, 11) is -8.07. The van der Waals surface area contributed by atoms with Crippen molar-refractivity contribution in [3.05, 3.63) is 228 Å². The molecule has 7 aliphatic heterocycles. The van der Waals surface area contributed by atoms with Crippen LogP contribution >= 0.6 is 14.7 Å². The second kappa shape index (κ2) is 9.96. The topological polar surface area (TPSA) is 43.4 Å². The van der Waals surface area contributed by atoms with Crippen LogP contribution in [0.25, 0.3) is 11.1 Å². The van der Waals surface area contributed by atoms with E-state index >= 15 is 9.13 Å². The Labute approximate surface area is 298 Å². The van der Waals surface area contributed by atoms with Gasteiger partial charge in [-0.1, -0.05) is 194 Å². The molecular formula is C46H34O3P2. The highest BCUT2D eigenvalue weighted by Crippen LogP contribution is 3.17. The first-order valence-corrected chi connectivity index (χ1v) is 21.0. The van der Waals surface area contributed by atoms with Gasteiger partial charge in [0.2, 0.25) is 14.7 Å². The van der Waals surface area contributed by atoms with Gasteiger partial charge in [0, 0.05) is 11.8 Å². The summed E-state index contributed by atoms with van der Waals surface area (Å²) in [5.74, 6) is -0.659. The molecule has 8 atom stereocenters. The van der Waals surface area contributed by atoms with Gasteiger partial charge >= 0.3 is 0 Å². The third-order valence-electron chi connectivity index (χ3n) is 13.0. The van der Waals surface area contributed by atoms with E-state index < -0.39 is 35.4 Å². The fourth-order valence-corrected chi connectivity index (χ4v) is 24.3. The third kappa shape index (κ3) is 2.95. The quantitative estimate of drug-likeness (QED) is 0.163. The molecule has 15 rings (SSSR count). The van der Waals surface area contributed by atoms with Gasteiger partial charge in [-0.05, 0) is 44.5 Å². The lowest BCUT2D eigenvalue weighted by atomic mass is 9.48. The normalized spacial score (nSPS) is 36.2. The lowest BCUT2D eigenvalue weighted by molar-refractivity contribution is 0.145.